The van der Waals surface area contributed by atoms with Crippen molar-refractivity contribution in [1.82, 2.24) is 4.98 Å². The molecule has 0 saturated heterocycles. The highest BCUT2D eigenvalue weighted by molar-refractivity contribution is 7.11. The molecule has 17 heavy (non-hydrogen) atoms. The third-order valence-corrected chi connectivity index (χ3v) is 3.81. The molecule has 4 nitrogen and oxygen atoms in total. The summed E-state index contributed by atoms with van der Waals surface area (Å²) in [5.41, 5.74) is 1.10. The van der Waals surface area contributed by atoms with Crippen LogP contribution in [0.15, 0.2) is 0 Å². The minimum Gasteiger partial charge on any atom is -0.455 e. The van der Waals surface area contributed by atoms with Gasteiger partial charge in [0, 0.05) is 6.61 Å². The lowest BCUT2D eigenvalue weighted by atomic mass is 10.0. The second-order valence-corrected chi connectivity index (χ2v) is 5.29. The highest BCUT2D eigenvalue weighted by atomic mass is 32.1. The number of carbonyl (C=O) groups is 1. The minimum atomic E-state index is -0.282. The maximum absolute atomic E-state index is 11.5. The molecule has 0 N–H and O–H groups in total. The second-order valence-electron chi connectivity index (χ2n) is 4.05. The lowest BCUT2D eigenvalue weighted by Gasteiger charge is -2.21. The van der Waals surface area contributed by atoms with Crippen LogP contribution in [-0.2, 0) is 20.7 Å². The predicted molar refractivity (Wildman–Crippen MR) is 65.1 cm³/mol. The number of carbonyl (C=O) groups excluding carboxylic acids is 1. The van der Waals surface area contributed by atoms with Crippen molar-refractivity contribution >= 4 is 17.3 Å². The Labute approximate surface area is 105 Å². The van der Waals surface area contributed by atoms with Crippen LogP contribution in [0.2, 0.25) is 0 Å². The summed E-state index contributed by atoms with van der Waals surface area (Å²) < 4.78 is 10.5. The van der Waals surface area contributed by atoms with Gasteiger partial charge >= 0.3 is 5.97 Å². The van der Waals surface area contributed by atoms with Crippen LogP contribution in [0, 0.1) is 6.92 Å². The van der Waals surface area contributed by atoms with Gasteiger partial charge in [0.2, 0.25) is 0 Å². The predicted octanol–water partition coefficient (Wildman–Crippen LogP) is 2.41. The van der Waals surface area contributed by atoms with E-state index in [1.165, 1.54) is 0 Å². The Bertz CT molecular complexity index is 402. The smallest absolute Gasteiger partial charge is 0.332 e. The van der Waals surface area contributed by atoms with Crippen LogP contribution in [0.1, 0.15) is 41.4 Å². The first kappa shape index (κ1) is 12.5. The average Bonchev–Trinajstić information content (AvgIpc) is 2.68. The molecule has 0 bridgehead atoms. The molecule has 1 atom stereocenters. The Morgan fingerprint density at radius 3 is 3.18 bits per heavy atom. The van der Waals surface area contributed by atoms with Crippen molar-refractivity contribution in [2.45, 2.75) is 39.2 Å². The molecule has 0 spiro atoms. The van der Waals surface area contributed by atoms with E-state index in [2.05, 4.69) is 4.98 Å². The number of ether oxygens (including phenoxy) is 2. The Morgan fingerprint density at radius 1 is 1.59 bits per heavy atom. The first-order valence-corrected chi connectivity index (χ1v) is 6.75. The van der Waals surface area contributed by atoms with E-state index in [1.807, 2.05) is 13.8 Å². The van der Waals surface area contributed by atoms with Crippen LogP contribution < -0.4 is 0 Å². The molecular weight excluding hydrogens is 238 g/mol. The topological polar surface area (TPSA) is 48.4 Å². The Balaban J connectivity index is 2.00. The number of aromatic nitrogens is 1. The van der Waals surface area contributed by atoms with Crippen LogP contribution in [0.25, 0.3) is 0 Å². The van der Waals surface area contributed by atoms with E-state index < -0.39 is 0 Å². The van der Waals surface area contributed by atoms with Crippen LogP contribution >= 0.6 is 11.3 Å². The zero-order valence-corrected chi connectivity index (χ0v) is 11.0. The van der Waals surface area contributed by atoms with E-state index >= 15 is 0 Å². The Kier molecular flexibility index (Phi) is 4.12. The SMILES string of the molecule is CCOCC(=O)O[C@@H]1CCCc2nc(C)sc21. The Hall–Kier alpha value is -0.940. The first-order chi connectivity index (χ1) is 8.20. The fraction of sp³-hybridized carbons (Fsp3) is 0.667. The summed E-state index contributed by atoms with van der Waals surface area (Å²) >= 11 is 1.63. The fourth-order valence-corrected chi connectivity index (χ4v) is 3.03. The zero-order valence-electron chi connectivity index (χ0n) is 10.2. The summed E-state index contributed by atoms with van der Waals surface area (Å²) in [5, 5.41) is 1.04. The summed E-state index contributed by atoms with van der Waals surface area (Å²) in [5.74, 6) is -0.282. The summed E-state index contributed by atoms with van der Waals surface area (Å²) in [4.78, 5) is 17.1. The molecule has 0 unspecified atom stereocenters. The number of aryl methyl sites for hydroxylation is 2. The molecule has 0 fully saturated rings. The largest absolute Gasteiger partial charge is 0.455 e. The summed E-state index contributed by atoms with van der Waals surface area (Å²) in [6, 6.07) is 0. The van der Waals surface area contributed by atoms with Crippen molar-refractivity contribution in [1.29, 1.82) is 0 Å². The van der Waals surface area contributed by atoms with Crippen molar-refractivity contribution in [3.8, 4) is 0 Å². The van der Waals surface area contributed by atoms with E-state index in [4.69, 9.17) is 9.47 Å². The van der Waals surface area contributed by atoms with Gasteiger partial charge in [0.25, 0.3) is 0 Å². The van der Waals surface area contributed by atoms with Gasteiger partial charge < -0.3 is 9.47 Å². The molecule has 5 heteroatoms. The van der Waals surface area contributed by atoms with Gasteiger partial charge in [-0.05, 0) is 33.1 Å². The van der Waals surface area contributed by atoms with E-state index in [0.717, 1.165) is 34.8 Å². The fourth-order valence-electron chi connectivity index (χ4n) is 1.99. The highest BCUT2D eigenvalue weighted by Gasteiger charge is 2.26. The van der Waals surface area contributed by atoms with Crippen molar-refractivity contribution in [3.05, 3.63) is 15.6 Å². The normalized spacial score (nSPS) is 18.8. The van der Waals surface area contributed by atoms with Crippen LogP contribution in [0.4, 0.5) is 0 Å². The van der Waals surface area contributed by atoms with Gasteiger partial charge in [0.15, 0.2) is 0 Å². The average molecular weight is 255 g/mol. The van der Waals surface area contributed by atoms with Crippen LogP contribution in [0.3, 0.4) is 0 Å². The number of rotatable bonds is 4. The van der Waals surface area contributed by atoms with Gasteiger partial charge in [-0.25, -0.2) is 9.78 Å². The second kappa shape index (κ2) is 5.60. The molecule has 2 rings (SSSR count). The number of hydrogen-bond donors (Lipinski definition) is 0. The first-order valence-electron chi connectivity index (χ1n) is 5.94. The molecule has 1 heterocycles. The molecule has 0 radical (unpaired) electrons. The third-order valence-electron chi connectivity index (χ3n) is 2.70. The van der Waals surface area contributed by atoms with Crippen LogP contribution in [-0.4, -0.2) is 24.2 Å². The number of hydrogen-bond acceptors (Lipinski definition) is 5. The number of esters is 1. The zero-order chi connectivity index (χ0) is 12.3. The van der Waals surface area contributed by atoms with Crippen LogP contribution in [0.5, 0.6) is 0 Å². The quantitative estimate of drug-likeness (QED) is 0.775. The monoisotopic (exact) mass is 255 g/mol. The van der Waals surface area contributed by atoms with Gasteiger partial charge in [-0.2, -0.15) is 0 Å². The lowest BCUT2D eigenvalue weighted by Crippen LogP contribution is -2.19. The summed E-state index contributed by atoms with van der Waals surface area (Å²) in [6.45, 7) is 4.42. The molecular formula is C12H17NO3S. The molecule has 0 amide bonds. The molecule has 1 aliphatic rings. The molecule has 1 aromatic rings. The molecule has 1 aliphatic carbocycles. The van der Waals surface area contributed by atoms with E-state index in [0.29, 0.717) is 6.61 Å². The van der Waals surface area contributed by atoms with Crippen molar-refractivity contribution in [3.63, 3.8) is 0 Å². The van der Waals surface area contributed by atoms with E-state index in [-0.39, 0.29) is 18.7 Å². The van der Waals surface area contributed by atoms with Crippen molar-refractivity contribution < 1.29 is 14.3 Å². The van der Waals surface area contributed by atoms with Gasteiger partial charge in [-0.3, -0.25) is 0 Å². The van der Waals surface area contributed by atoms with E-state index in [1.54, 1.807) is 11.3 Å². The minimum absolute atomic E-state index is 0.0418. The number of fused-ring (bicyclic) bond motifs is 1. The maximum Gasteiger partial charge on any atom is 0.332 e. The number of thiazole rings is 1. The number of nitrogens with zero attached hydrogens (tertiary/aromatic N) is 1. The van der Waals surface area contributed by atoms with Gasteiger partial charge in [-0.1, -0.05) is 0 Å². The maximum atomic E-state index is 11.5. The summed E-state index contributed by atoms with van der Waals surface area (Å²) in [7, 11) is 0. The highest BCUT2D eigenvalue weighted by Crippen LogP contribution is 2.36. The third kappa shape index (κ3) is 3.04. The van der Waals surface area contributed by atoms with Gasteiger partial charge in [0.1, 0.15) is 12.7 Å². The lowest BCUT2D eigenvalue weighted by molar-refractivity contribution is -0.155. The Morgan fingerprint density at radius 2 is 2.41 bits per heavy atom. The van der Waals surface area contributed by atoms with Gasteiger partial charge in [-0.15, -0.1) is 11.3 Å². The molecule has 0 aliphatic heterocycles. The molecule has 0 saturated carbocycles. The van der Waals surface area contributed by atoms with Gasteiger partial charge in [0.05, 0.1) is 15.6 Å². The molecule has 0 aromatic carbocycles. The van der Waals surface area contributed by atoms with E-state index in [9.17, 15) is 4.79 Å². The van der Waals surface area contributed by atoms with Crippen molar-refractivity contribution in [2.75, 3.05) is 13.2 Å². The molecule has 94 valence electrons. The molecule has 1 aromatic heterocycles. The van der Waals surface area contributed by atoms with Crippen molar-refractivity contribution in [2.24, 2.45) is 0 Å². The summed E-state index contributed by atoms with van der Waals surface area (Å²) in [6.07, 6.45) is 2.81. The standard InChI is InChI=1S/C12H17NO3S/c1-3-15-7-11(14)16-10-6-4-5-9-12(10)17-8(2)13-9/h10H,3-7H2,1-2H3/t10-/m1/s1.